The molecular formula is C24H22N2O2. The van der Waals surface area contributed by atoms with Gasteiger partial charge in [0.2, 0.25) is 0 Å². The first-order valence-electron chi connectivity index (χ1n) is 9.43. The zero-order valence-corrected chi connectivity index (χ0v) is 15.8. The van der Waals surface area contributed by atoms with Gasteiger partial charge in [-0.3, -0.25) is 9.59 Å². The quantitative estimate of drug-likeness (QED) is 0.695. The van der Waals surface area contributed by atoms with Gasteiger partial charge in [0, 0.05) is 37.0 Å². The van der Waals surface area contributed by atoms with Crippen LogP contribution in [0.1, 0.15) is 31.8 Å². The second-order valence-corrected chi connectivity index (χ2v) is 7.03. The van der Waals surface area contributed by atoms with Gasteiger partial charge in [0.15, 0.2) is 0 Å². The molecule has 3 aromatic rings. The largest absolute Gasteiger partial charge is 0.334 e. The van der Waals surface area contributed by atoms with Gasteiger partial charge < -0.3 is 9.80 Å². The average Bonchev–Trinajstić information content (AvgIpc) is 2.78. The lowest BCUT2D eigenvalue weighted by atomic mass is 9.99. The Morgan fingerprint density at radius 3 is 2.29 bits per heavy atom. The Labute approximate surface area is 165 Å². The molecule has 0 spiro atoms. The SMILES string of the molecule is CN(C(=O)c1cccc(C(=O)N2CCc3ccccc3C2)c1)c1ccccc1. The minimum absolute atomic E-state index is 0.0356. The normalized spacial score (nSPS) is 13.0. The number of para-hydroxylation sites is 1. The number of hydrogen-bond acceptors (Lipinski definition) is 2. The Kier molecular flexibility index (Phi) is 4.94. The lowest BCUT2D eigenvalue weighted by Gasteiger charge is -2.29. The van der Waals surface area contributed by atoms with E-state index in [1.807, 2.05) is 47.4 Å². The van der Waals surface area contributed by atoms with E-state index in [9.17, 15) is 9.59 Å². The van der Waals surface area contributed by atoms with Crippen molar-refractivity contribution in [3.8, 4) is 0 Å². The summed E-state index contributed by atoms with van der Waals surface area (Å²) in [5.41, 5.74) is 4.37. The molecule has 0 bridgehead atoms. The summed E-state index contributed by atoms with van der Waals surface area (Å²) in [5, 5.41) is 0. The van der Waals surface area contributed by atoms with E-state index in [4.69, 9.17) is 0 Å². The number of carbonyl (C=O) groups is 2. The zero-order chi connectivity index (χ0) is 19.5. The molecule has 140 valence electrons. The molecule has 1 heterocycles. The summed E-state index contributed by atoms with van der Waals surface area (Å²) in [6.07, 6.45) is 0.858. The predicted molar refractivity (Wildman–Crippen MR) is 111 cm³/mol. The van der Waals surface area contributed by atoms with Crippen LogP contribution in [-0.2, 0) is 13.0 Å². The first kappa shape index (κ1) is 18.0. The van der Waals surface area contributed by atoms with Crippen molar-refractivity contribution in [2.24, 2.45) is 0 Å². The summed E-state index contributed by atoms with van der Waals surface area (Å²) in [6, 6.07) is 24.7. The number of rotatable bonds is 3. The molecule has 0 unspecified atom stereocenters. The number of benzene rings is 3. The van der Waals surface area contributed by atoms with Crippen LogP contribution in [0.4, 0.5) is 5.69 Å². The number of carbonyl (C=O) groups excluding carboxylic acids is 2. The second-order valence-electron chi connectivity index (χ2n) is 7.03. The summed E-state index contributed by atoms with van der Waals surface area (Å²) in [7, 11) is 1.74. The van der Waals surface area contributed by atoms with Crippen molar-refractivity contribution in [1.29, 1.82) is 0 Å². The van der Waals surface area contributed by atoms with Crippen molar-refractivity contribution in [3.05, 3.63) is 101 Å². The highest BCUT2D eigenvalue weighted by atomic mass is 16.2. The van der Waals surface area contributed by atoms with Crippen LogP contribution in [0.2, 0.25) is 0 Å². The first-order valence-corrected chi connectivity index (χ1v) is 9.43. The maximum Gasteiger partial charge on any atom is 0.258 e. The van der Waals surface area contributed by atoms with Crippen molar-refractivity contribution in [3.63, 3.8) is 0 Å². The molecule has 0 saturated carbocycles. The summed E-state index contributed by atoms with van der Waals surface area (Å²) < 4.78 is 0. The molecular weight excluding hydrogens is 348 g/mol. The van der Waals surface area contributed by atoms with Crippen LogP contribution in [0.3, 0.4) is 0 Å². The first-order chi connectivity index (χ1) is 13.6. The van der Waals surface area contributed by atoms with Gasteiger partial charge in [0.05, 0.1) is 0 Å². The van der Waals surface area contributed by atoms with Crippen LogP contribution in [-0.4, -0.2) is 30.3 Å². The molecule has 0 aromatic heterocycles. The minimum Gasteiger partial charge on any atom is -0.334 e. The molecule has 0 atom stereocenters. The fourth-order valence-corrected chi connectivity index (χ4v) is 3.60. The Balaban J connectivity index is 1.54. The number of fused-ring (bicyclic) bond motifs is 1. The fourth-order valence-electron chi connectivity index (χ4n) is 3.60. The molecule has 4 rings (SSSR count). The topological polar surface area (TPSA) is 40.6 Å². The minimum atomic E-state index is -0.134. The van der Waals surface area contributed by atoms with Gasteiger partial charge in [-0.25, -0.2) is 0 Å². The van der Waals surface area contributed by atoms with E-state index >= 15 is 0 Å². The number of nitrogens with zero attached hydrogens (tertiary/aromatic N) is 2. The van der Waals surface area contributed by atoms with Gasteiger partial charge in [0.25, 0.3) is 11.8 Å². The lowest BCUT2D eigenvalue weighted by molar-refractivity contribution is 0.0734. The highest BCUT2D eigenvalue weighted by molar-refractivity contribution is 6.07. The molecule has 0 aliphatic carbocycles. The smallest absolute Gasteiger partial charge is 0.258 e. The average molecular weight is 370 g/mol. The molecule has 0 fully saturated rings. The zero-order valence-electron chi connectivity index (χ0n) is 15.8. The molecule has 1 aliphatic rings. The summed E-state index contributed by atoms with van der Waals surface area (Å²) in [5.74, 6) is -0.170. The van der Waals surface area contributed by atoms with Gasteiger partial charge in [-0.05, 0) is 47.9 Å². The van der Waals surface area contributed by atoms with Crippen molar-refractivity contribution < 1.29 is 9.59 Å². The molecule has 0 saturated heterocycles. The van der Waals surface area contributed by atoms with Gasteiger partial charge in [-0.2, -0.15) is 0 Å². The van der Waals surface area contributed by atoms with Gasteiger partial charge in [-0.15, -0.1) is 0 Å². The molecule has 0 radical (unpaired) electrons. The van der Waals surface area contributed by atoms with E-state index in [2.05, 4.69) is 12.1 Å². The predicted octanol–water partition coefficient (Wildman–Crippen LogP) is 4.16. The fraction of sp³-hybridized carbons (Fsp3) is 0.167. The molecule has 4 nitrogen and oxygen atoms in total. The monoisotopic (exact) mass is 370 g/mol. The molecule has 3 aromatic carbocycles. The van der Waals surface area contributed by atoms with Crippen molar-refractivity contribution in [2.45, 2.75) is 13.0 Å². The molecule has 0 N–H and O–H groups in total. The van der Waals surface area contributed by atoms with E-state index < -0.39 is 0 Å². The van der Waals surface area contributed by atoms with Crippen LogP contribution < -0.4 is 4.90 Å². The van der Waals surface area contributed by atoms with E-state index in [1.165, 1.54) is 11.1 Å². The van der Waals surface area contributed by atoms with E-state index in [0.717, 1.165) is 12.1 Å². The van der Waals surface area contributed by atoms with Crippen LogP contribution in [0, 0.1) is 0 Å². The van der Waals surface area contributed by atoms with Gasteiger partial charge in [-0.1, -0.05) is 48.5 Å². The van der Waals surface area contributed by atoms with Crippen LogP contribution in [0.25, 0.3) is 0 Å². The van der Waals surface area contributed by atoms with Crippen molar-refractivity contribution >= 4 is 17.5 Å². The maximum atomic E-state index is 13.0. The third-order valence-corrected chi connectivity index (χ3v) is 5.22. The molecule has 2 amide bonds. The van der Waals surface area contributed by atoms with Crippen molar-refractivity contribution in [1.82, 2.24) is 4.90 Å². The third kappa shape index (κ3) is 3.54. The molecule has 28 heavy (non-hydrogen) atoms. The maximum absolute atomic E-state index is 13.0. The van der Waals surface area contributed by atoms with Gasteiger partial charge in [0.1, 0.15) is 0 Å². The third-order valence-electron chi connectivity index (χ3n) is 5.22. The Hall–Kier alpha value is -3.40. The van der Waals surface area contributed by atoms with Crippen LogP contribution in [0.15, 0.2) is 78.9 Å². The van der Waals surface area contributed by atoms with Crippen LogP contribution in [0.5, 0.6) is 0 Å². The second kappa shape index (κ2) is 7.69. The Morgan fingerprint density at radius 1 is 0.821 bits per heavy atom. The van der Waals surface area contributed by atoms with E-state index in [0.29, 0.717) is 24.2 Å². The number of anilines is 1. The highest BCUT2D eigenvalue weighted by Crippen LogP contribution is 2.21. The Bertz CT molecular complexity index is 1010. The summed E-state index contributed by atoms with van der Waals surface area (Å²) >= 11 is 0. The van der Waals surface area contributed by atoms with E-state index in [1.54, 1.807) is 36.2 Å². The number of amides is 2. The Morgan fingerprint density at radius 2 is 1.50 bits per heavy atom. The van der Waals surface area contributed by atoms with Crippen molar-refractivity contribution in [2.75, 3.05) is 18.5 Å². The molecule has 4 heteroatoms. The number of hydrogen-bond donors (Lipinski definition) is 0. The standard InChI is InChI=1S/C24H22N2O2/c1-25(22-12-3-2-4-13-22)23(27)19-10-7-11-20(16-19)24(28)26-15-14-18-8-5-6-9-21(18)17-26/h2-13,16H,14-15,17H2,1H3. The summed E-state index contributed by atoms with van der Waals surface area (Å²) in [4.78, 5) is 29.3. The highest BCUT2D eigenvalue weighted by Gasteiger charge is 2.22. The van der Waals surface area contributed by atoms with Gasteiger partial charge >= 0.3 is 0 Å². The van der Waals surface area contributed by atoms with E-state index in [-0.39, 0.29) is 11.8 Å². The lowest BCUT2D eigenvalue weighted by Crippen LogP contribution is -2.36. The summed E-state index contributed by atoms with van der Waals surface area (Å²) in [6.45, 7) is 1.30. The molecule has 1 aliphatic heterocycles. The van der Waals surface area contributed by atoms with Crippen LogP contribution >= 0.6 is 0 Å².